The molecule has 1 heterocycles. The summed E-state index contributed by atoms with van der Waals surface area (Å²) >= 11 is 4.54. The zero-order valence-corrected chi connectivity index (χ0v) is 12.7. The van der Waals surface area contributed by atoms with E-state index in [9.17, 15) is 0 Å². The van der Waals surface area contributed by atoms with E-state index in [2.05, 4.69) is 62.6 Å². The van der Waals surface area contributed by atoms with Gasteiger partial charge < -0.3 is 0 Å². The Labute approximate surface area is 117 Å². The summed E-state index contributed by atoms with van der Waals surface area (Å²) in [4.78, 5) is 2.59. The smallest absolute Gasteiger partial charge is 0.0236 e. The van der Waals surface area contributed by atoms with E-state index in [1.165, 1.54) is 30.6 Å². The molecule has 2 rings (SSSR count). The van der Waals surface area contributed by atoms with Crippen LogP contribution in [0.15, 0.2) is 24.3 Å². The van der Waals surface area contributed by atoms with E-state index in [1.54, 1.807) is 0 Å². The van der Waals surface area contributed by atoms with Gasteiger partial charge in [-0.05, 0) is 34.6 Å². The number of fused-ring (bicyclic) bond motifs is 1. The summed E-state index contributed by atoms with van der Waals surface area (Å²) in [5, 5.41) is 0. The standard InChI is InChI=1S/C16H25NS/c1-16(2,3)15(12-18)11-17-9-8-13-6-4-5-7-14(13)10-17/h4-7,15,18H,8-12H2,1-3H3. The van der Waals surface area contributed by atoms with Crippen molar-refractivity contribution in [1.82, 2.24) is 4.90 Å². The SMILES string of the molecule is CC(C)(C)C(CS)CN1CCc2ccccc2C1. The molecule has 0 aromatic heterocycles. The normalized spacial score (nSPS) is 18.4. The molecule has 0 saturated heterocycles. The van der Waals surface area contributed by atoms with Crippen LogP contribution < -0.4 is 0 Å². The van der Waals surface area contributed by atoms with Gasteiger partial charge >= 0.3 is 0 Å². The van der Waals surface area contributed by atoms with Crippen LogP contribution in [0.1, 0.15) is 31.9 Å². The van der Waals surface area contributed by atoms with Gasteiger partial charge in [0.2, 0.25) is 0 Å². The van der Waals surface area contributed by atoms with E-state index in [0.717, 1.165) is 12.3 Å². The molecular formula is C16H25NS. The maximum Gasteiger partial charge on any atom is 0.0236 e. The lowest BCUT2D eigenvalue weighted by Gasteiger charge is -2.36. The minimum Gasteiger partial charge on any atom is -0.298 e. The fourth-order valence-corrected chi connectivity index (χ4v) is 3.29. The van der Waals surface area contributed by atoms with Gasteiger partial charge in [0, 0.05) is 19.6 Å². The fraction of sp³-hybridized carbons (Fsp3) is 0.625. The fourth-order valence-electron chi connectivity index (χ4n) is 2.63. The van der Waals surface area contributed by atoms with Gasteiger partial charge in [-0.25, -0.2) is 0 Å². The lowest BCUT2D eigenvalue weighted by molar-refractivity contribution is 0.154. The largest absolute Gasteiger partial charge is 0.298 e. The van der Waals surface area contributed by atoms with Crippen molar-refractivity contribution in [3.63, 3.8) is 0 Å². The molecule has 1 aliphatic rings. The van der Waals surface area contributed by atoms with Crippen LogP contribution in [0.3, 0.4) is 0 Å². The third kappa shape index (κ3) is 3.30. The van der Waals surface area contributed by atoms with Crippen LogP contribution in [-0.4, -0.2) is 23.7 Å². The quantitative estimate of drug-likeness (QED) is 0.815. The third-order valence-electron chi connectivity index (χ3n) is 4.13. The monoisotopic (exact) mass is 263 g/mol. The van der Waals surface area contributed by atoms with Gasteiger partial charge in [-0.15, -0.1) is 0 Å². The Balaban J connectivity index is 2.01. The van der Waals surface area contributed by atoms with Crippen molar-refractivity contribution in [2.24, 2.45) is 11.3 Å². The van der Waals surface area contributed by atoms with Crippen LogP contribution in [0, 0.1) is 11.3 Å². The van der Waals surface area contributed by atoms with Crippen molar-refractivity contribution in [2.45, 2.75) is 33.7 Å². The molecule has 0 aliphatic carbocycles. The Morgan fingerprint density at radius 1 is 1.22 bits per heavy atom. The summed E-state index contributed by atoms with van der Waals surface area (Å²) in [5.41, 5.74) is 3.39. The maximum atomic E-state index is 4.54. The van der Waals surface area contributed by atoms with Crippen LogP contribution in [0.5, 0.6) is 0 Å². The lowest BCUT2D eigenvalue weighted by atomic mass is 9.81. The van der Waals surface area contributed by atoms with Crippen molar-refractivity contribution in [2.75, 3.05) is 18.8 Å². The van der Waals surface area contributed by atoms with Crippen molar-refractivity contribution in [3.8, 4) is 0 Å². The number of nitrogens with zero attached hydrogens (tertiary/aromatic N) is 1. The second kappa shape index (κ2) is 5.66. The Bertz CT molecular complexity index is 394. The highest BCUT2D eigenvalue weighted by Crippen LogP contribution is 2.29. The number of benzene rings is 1. The molecule has 0 fully saturated rings. The molecule has 1 atom stereocenters. The topological polar surface area (TPSA) is 3.24 Å². The Morgan fingerprint density at radius 2 is 1.89 bits per heavy atom. The summed E-state index contributed by atoms with van der Waals surface area (Å²) in [6, 6.07) is 8.85. The first-order valence-electron chi connectivity index (χ1n) is 6.90. The minimum absolute atomic E-state index is 0.346. The second-order valence-electron chi connectivity index (χ2n) is 6.50. The second-order valence-corrected chi connectivity index (χ2v) is 6.86. The van der Waals surface area contributed by atoms with E-state index in [-0.39, 0.29) is 0 Å². The molecule has 0 saturated carbocycles. The molecule has 1 aromatic carbocycles. The highest BCUT2D eigenvalue weighted by atomic mass is 32.1. The van der Waals surface area contributed by atoms with Crippen LogP contribution in [-0.2, 0) is 13.0 Å². The zero-order chi connectivity index (χ0) is 13.2. The molecule has 1 nitrogen and oxygen atoms in total. The predicted molar refractivity (Wildman–Crippen MR) is 82.2 cm³/mol. The Kier molecular flexibility index (Phi) is 4.39. The predicted octanol–water partition coefficient (Wildman–Crippen LogP) is 3.64. The van der Waals surface area contributed by atoms with Crippen LogP contribution in [0.25, 0.3) is 0 Å². The first kappa shape index (κ1) is 14.0. The highest BCUT2D eigenvalue weighted by Gasteiger charge is 2.26. The molecule has 0 spiro atoms. The molecule has 100 valence electrons. The Hall–Kier alpha value is -0.470. The van der Waals surface area contributed by atoms with Gasteiger partial charge in [0.1, 0.15) is 0 Å². The molecule has 2 heteroatoms. The van der Waals surface area contributed by atoms with E-state index in [1.807, 2.05) is 0 Å². The van der Waals surface area contributed by atoms with E-state index in [0.29, 0.717) is 11.3 Å². The van der Waals surface area contributed by atoms with Crippen molar-refractivity contribution >= 4 is 12.6 Å². The van der Waals surface area contributed by atoms with Crippen LogP contribution >= 0.6 is 12.6 Å². The van der Waals surface area contributed by atoms with Gasteiger partial charge in [-0.1, -0.05) is 45.0 Å². The molecule has 1 unspecified atom stereocenters. The van der Waals surface area contributed by atoms with Gasteiger partial charge in [0.25, 0.3) is 0 Å². The van der Waals surface area contributed by atoms with Crippen LogP contribution in [0.2, 0.25) is 0 Å². The number of thiol groups is 1. The molecule has 0 bridgehead atoms. The zero-order valence-electron chi connectivity index (χ0n) is 11.8. The first-order valence-corrected chi connectivity index (χ1v) is 7.54. The van der Waals surface area contributed by atoms with E-state index < -0.39 is 0 Å². The summed E-state index contributed by atoms with van der Waals surface area (Å²) in [6.45, 7) is 10.4. The molecule has 18 heavy (non-hydrogen) atoms. The first-order chi connectivity index (χ1) is 8.50. The third-order valence-corrected chi connectivity index (χ3v) is 4.57. The summed E-state index contributed by atoms with van der Waals surface area (Å²) in [7, 11) is 0. The minimum atomic E-state index is 0.346. The average molecular weight is 263 g/mol. The highest BCUT2D eigenvalue weighted by molar-refractivity contribution is 7.80. The number of rotatable bonds is 3. The van der Waals surface area contributed by atoms with Crippen molar-refractivity contribution in [1.29, 1.82) is 0 Å². The molecule has 0 radical (unpaired) electrons. The lowest BCUT2D eigenvalue weighted by Crippen LogP contribution is -2.39. The van der Waals surface area contributed by atoms with Gasteiger partial charge in [-0.3, -0.25) is 4.90 Å². The summed E-state index contributed by atoms with van der Waals surface area (Å²) in [5.74, 6) is 1.63. The maximum absolute atomic E-state index is 4.54. The summed E-state index contributed by atoms with van der Waals surface area (Å²) in [6.07, 6.45) is 1.19. The average Bonchev–Trinajstić information content (AvgIpc) is 2.34. The molecule has 0 N–H and O–H groups in total. The summed E-state index contributed by atoms with van der Waals surface area (Å²) < 4.78 is 0. The molecule has 1 aromatic rings. The van der Waals surface area contributed by atoms with Crippen LogP contribution in [0.4, 0.5) is 0 Å². The molecular weight excluding hydrogens is 238 g/mol. The van der Waals surface area contributed by atoms with Crippen molar-refractivity contribution in [3.05, 3.63) is 35.4 Å². The van der Waals surface area contributed by atoms with E-state index >= 15 is 0 Å². The van der Waals surface area contributed by atoms with Crippen molar-refractivity contribution < 1.29 is 0 Å². The number of hydrogen-bond acceptors (Lipinski definition) is 2. The number of hydrogen-bond donors (Lipinski definition) is 1. The van der Waals surface area contributed by atoms with Gasteiger partial charge in [-0.2, -0.15) is 12.6 Å². The van der Waals surface area contributed by atoms with E-state index in [4.69, 9.17) is 0 Å². The van der Waals surface area contributed by atoms with Gasteiger partial charge in [0.15, 0.2) is 0 Å². The van der Waals surface area contributed by atoms with Gasteiger partial charge in [0.05, 0.1) is 0 Å². The molecule has 0 amide bonds. The Morgan fingerprint density at radius 3 is 2.50 bits per heavy atom. The molecule has 1 aliphatic heterocycles.